The number of hydrogen-bond donors (Lipinski definition) is 1. The van der Waals surface area contributed by atoms with Gasteiger partial charge >= 0.3 is 0 Å². The van der Waals surface area contributed by atoms with Gasteiger partial charge in [-0.15, -0.1) is 10.2 Å². The molecule has 1 saturated heterocycles. The maximum Gasteiger partial charge on any atom is 0.274 e. The molecule has 0 radical (unpaired) electrons. The molecule has 130 valence electrons. The van der Waals surface area contributed by atoms with Crippen LogP contribution >= 0.6 is 0 Å². The van der Waals surface area contributed by atoms with E-state index in [0.717, 1.165) is 43.0 Å². The summed E-state index contributed by atoms with van der Waals surface area (Å²) in [6.07, 6.45) is 3.32. The quantitative estimate of drug-likeness (QED) is 0.921. The number of nitrogens with one attached hydrogen (secondary N) is 1. The first-order valence-electron chi connectivity index (χ1n) is 8.55. The molecule has 1 aromatic heterocycles. The second kappa shape index (κ2) is 6.96. The van der Waals surface area contributed by atoms with Crippen molar-refractivity contribution in [1.29, 1.82) is 0 Å². The van der Waals surface area contributed by atoms with Gasteiger partial charge in [-0.25, -0.2) is 0 Å². The number of piperidine rings is 1. The van der Waals surface area contributed by atoms with Crippen LogP contribution in [0, 0.1) is 0 Å². The predicted molar refractivity (Wildman–Crippen MR) is 91.7 cm³/mol. The van der Waals surface area contributed by atoms with Crippen LogP contribution in [0.25, 0.3) is 0 Å². The molecule has 2 aliphatic rings. The number of amides is 1. The van der Waals surface area contributed by atoms with Gasteiger partial charge in [0.2, 0.25) is 6.79 Å². The molecule has 0 unspecified atom stereocenters. The van der Waals surface area contributed by atoms with Gasteiger partial charge in [0.25, 0.3) is 5.91 Å². The minimum Gasteiger partial charge on any atom is -0.454 e. The molecule has 2 aliphatic heterocycles. The smallest absolute Gasteiger partial charge is 0.274 e. The summed E-state index contributed by atoms with van der Waals surface area (Å²) in [5.41, 5.74) is 1.45. The number of ether oxygens (including phenoxy) is 2. The number of aromatic nitrogens is 2. The van der Waals surface area contributed by atoms with E-state index in [9.17, 15) is 4.79 Å². The molecule has 0 saturated carbocycles. The highest BCUT2D eigenvalue weighted by atomic mass is 16.7. The Morgan fingerprint density at radius 3 is 2.68 bits per heavy atom. The summed E-state index contributed by atoms with van der Waals surface area (Å²) in [6, 6.07) is 9.33. The fraction of sp³-hybridized carbons (Fsp3) is 0.389. The van der Waals surface area contributed by atoms with Crippen LogP contribution in [0.2, 0.25) is 0 Å². The maximum absolute atomic E-state index is 12.4. The van der Waals surface area contributed by atoms with Gasteiger partial charge in [-0.1, -0.05) is 6.07 Å². The number of anilines is 1. The van der Waals surface area contributed by atoms with E-state index in [1.165, 1.54) is 6.42 Å². The number of carbonyl (C=O) groups excluding carboxylic acids is 1. The lowest BCUT2D eigenvalue weighted by Crippen LogP contribution is -2.36. The topological polar surface area (TPSA) is 76.6 Å². The number of hydrogen-bond acceptors (Lipinski definition) is 6. The number of nitrogens with zero attached hydrogens (tertiary/aromatic N) is 3. The van der Waals surface area contributed by atoms with Crippen LogP contribution in [0.1, 0.15) is 35.3 Å². The first-order valence-corrected chi connectivity index (χ1v) is 8.55. The Morgan fingerprint density at radius 2 is 1.88 bits per heavy atom. The van der Waals surface area contributed by atoms with Crippen molar-refractivity contribution in [3.05, 3.63) is 41.6 Å². The summed E-state index contributed by atoms with van der Waals surface area (Å²) in [7, 11) is 0. The zero-order chi connectivity index (χ0) is 17.1. The first-order chi connectivity index (χ1) is 12.3. The molecule has 0 aliphatic carbocycles. The minimum atomic E-state index is -0.0329. The fourth-order valence-electron chi connectivity index (χ4n) is 3.04. The van der Waals surface area contributed by atoms with Crippen molar-refractivity contribution in [2.24, 2.45) is 0 Å². The Labute approximate surface area is 146 Å². The van der Waals surface area contributed by atoms with E-state index in [4.69, 9.17) is 9.47 Å². The highest BCUT2D eigenvalue weighted by Gasteiger charge is 2.19. The molecule has 0 bridgehead atoms. The largest absolute Gasteiger partial charge is 0.454 e. The summed E-state index contributed by atoms with van der Waals surface area (Å²) in [6.45, 7) is 2.48. The molecule has 3 heterocycles. The Bertz CT molecular complexity index is 757. The number of benzene rings is 1. The van der Waals surface area contributed by atoms with Gasteiger partial charge in [0, 0.05) is 19.6 Å². The molecule has 1 amide bonds. The molecule has 7 nitrogen and oxygen atoms in total. The fourth-order valence-corrected chi connectivity index (χ4v) is 3.04. The molecule has 1 fully saturated rings. The van der Waals surface area contributed by atoms with Crippen molar-refractivity contribution >= 4 is 11.7 Å². The van der Waals surface area contributed by atoms with Gasteiger partial charge in [-0.2, -0.15) is 0 Å². The highest BCUT2D eigenvalue weighted by Crippen LogP contribution is 2.32. The third kappa shape index (κ3) is 3.50. The molecular formula is C18H20N4O3. The van der Waals surface area contributed by atoms with Crippen LogP contribution in [-0.4, -0.2) is 40.9 Å². The third-order valence-electron chi connectivity index (χ3n) is 4.44. The van der Waals surface area contributed by atoms with E-state index < -0.39 is 0 Å². The van der Waals surface area contributed by atoms with Gasteiger partial charge < -0.3 is 19.7 Å². The first kappa shape index (κ1) is 15.7. The maximum atomic E-state index is 12.4. The average Bonchev–Trinajstić information content (AvgIpc) is 3.15. The van der Waals surface area contributed by atoms with E-state index in [2.05, 4.69) is 15.5 Å². The standard InChI is InChI=1S/C18H20N4O3/c23-18(22-8-2-1-3-9-22)14-5-7-17(21-20-14)19-11-13-4-6-15-16(10-13)25-12-24-15/h4-7,10H,1-3,8-9,11-12H2,(H,19,21). The molecule has 0 spiro atoms. The molecular weight excluding hydrogens is 320 g/mol. The van der Waals surface area contributed by atoms with Gasteiger partial charge in [0.05, 0.1) is 0 Å². The van der Waals surface area contributed by atoms with Crippen molar-refractivity contribution in [3.8, 4) is 11.5 Å². The van der Waals surface area contributed by atoms with E-state index >= 15 is 0 Å². The number of likely N-dealkylation sites (tertiary alicyclic amines) is 1. The summed E-state index contributed by atoms with van der Waals surface area (Å²) < 4.78 is 10.7. The van der Waals surface area contributed by atoms with Crippen LogP contribution in [0.3, 0.4) is 0 Å². The van der Waals surface area contributed by atoms with Crippen molar-refractivity contribution in [2.45, 2.75) is 25.8 Å². The van der Waals surface area contributed by atoms with E-state index in [1.54, 1.807) is 12.1 Å². The van der Waals surface area contributed by atoms with Gasteiger partial charge in [-0.05, 0) is 49.1 Å². The molecule has 1 N–H and O–H groups in total. The molecule has 1 aromatic carbocycles. The monoisotopic (exact) mass is 340 g/mol. The summed E-state index contributed by atoms with van der Waals surface area (Å²) in [5, 5.41) is 11.4. The molecule has 2 aromatic rings. The van der Waals surface area contributed by atoms with Gasteiger partial charge in [0.15, 0.2) is 17.2 Å². The Hall–Kier alpha value is -2.83. The van der Waals surface area contributed by atoms with E-state index in [-0.39, 0.29) is 12.7 Å². The molecule has 0 atom stereocenters. The third-order valence-corrected chi connectivity index (χ3v) is 4.44. The average molecular weight is 340 g/mol. The van der Waals surface area contributed by atoms with Crippen molar-refractivity contribution < 1.29 is 14.3 Å². The van der Waals surface area contributed by atoms with Crippen molar-refractivity contribution in [2.75, 3.05) is 25.2 Å². The van der Waals surface area contributed by atoms with Crippen LogP contribution in [0.15, 0.2) is 30.3 Å². The van der Waals surface area contributed by atoms with Crippen molar-refractivity contribution in [1.82, 2.24) is 15.1 Å². The molecule has 4 rings (SSSR count). The van der Waals surface area contributed by atoms with Gasteiger partial charge in [0.1, 0.15) is 5.82 Å². The minimum absolute atomic E-state index is 0.0329. The lowest BCUT2D eigenvalue weighted by atomic mass is 10.1. The Kier molecular flexibility index (Phi) is 4.37. The van der Waals surface area contributed by atoms with Crippen molar-refractivity contribution in [3.63, 3.8) is 0 Å². The lowest BCUT2D eigenvalue weighted by Gasteiger charge is -2.26. The summed E-state index contributed by atoms with van der Waals surface area (Å²) in [5.74, 6) is 2.12. The molecule has 25 heavy (non-hydrogen) atoms. The van der Waals surface area contributed by atoms with Crippen LogP contribution in [-0.2, 0) is 6.54 Å². The van der Waals surface area contributed by atoms with Crippen LogP contribution < -0.4 is 14.8 Å². The molecule has 7 heteroatoms. The summed E-state index contributed by atoms with van der Waals surface area (Å²) in [4.78, 5) is 14.2. The lowest BCUT2D eigenvalue weighted by molar-refractivity contribution is 0.0717. The Balaban J connectivity index is 1.36. The zero-order valence-electron chi connectivity index (χ0n) is 13.9. The number of carbonyl (C=O) groups is 1. The zero-order valence-corrected chi connectivity index (χ0v) is 13.9. The van der Waals surface area contributed by atoms with Gasteiger partial charge in [-0.3, -0.25) is 4.79 Å². The van der Waals surface area contributed by atoms with Crippen LogP contribution in [0.4, 0.5) is 5.82 Å². The highest BCUT2D eigenvalue weighted by molar-refractivity contribution is 5.92. The normalized spacial score (nSPS) is 15.9. The second-order valence-corrected chi connectivity index (χ2v) is 6.20. The van der Waals surface area contributed by atoms with E-state index in [1.807, 2.05) is 23.1 Å². The van der Waals surface area contributed by atoms with Crippen LogP contribution in [0.5, 0.6) is 11.5 Å². The predicted octanol–water partition coefficient (Wildman–Crippen LogP) is 2.44. The SMILES string of the molecule is O=C(c1ccc(NCc2ccc3c(c2)OCO3)nn1)N1CCCCC1. The summed E-state index contributed by atoms with van der Waals surface area (Å²) >= 11 is 0. The second-order valence-electron chi connectivity index (χ2n) is 6.20. The van der Waals surface area contributed by atoms with E-state index in [0.29, 0.717) is 18.1 Å². The number of rotatable bonds is 4. The Morgan fingerprint density at radius 1 is 1.04 bits per heavy atom. The number of fused-ring (bicyclic) bond motifs is 1.